The van der Waals surface area contributed by atoms with Gasteiger partial charge in [-0.1, -0.05) is 0 Å². The zero-order valence-electron chi connectivity index (χ0n) is 53.9. The van der Waals surface area contributed by atoms with Crippen molar-refractivity contribution in [1.82, 2.24) is 31.6 Å². The Morgan fingerprint density at radius 3 is 1.14 bits per heavy atom. The number of nitrogens with zero attached hydrogens (tertiary/aromatic N) is 1. The largest absolute Gasteiger partial charge is 0.388 e. The lowest BCUT2D eigenvalue weighted by molar-refractivity contribution is -0.292. The molecule has 5 saturated heterocycles. The van der Waals surface area contributed by atoms with E-state index >= 15 is 0 Å². The van der Waals surface area contributed by atoms with Crippen LogP contribution < -0.4 is 26.6 Å². The number of ketones is 2. The van der Waals surface area contributed by atoms with E-state index in [-0.39, 0.29) is 104 Å². The summed E-state index contributed by atoms with van der Waals surface area (Å²) in [6, 6.07) is -1.65. The van der Waals surface area contributed by atoms with Crippen LogP contribution in [-0.2, 0) is 90.7 Å². The van der Waals surface area contributed by atoms with Gasteiger partial charge >= 0.3 is 5.97 Å². The Hall–Kier alpha value is -5.50. The Bertz CT molecular complexity index is 2540. The van der Waals surface area contributed by atoms with Gasteiger partial charge in [-0.05, 0) is 59.8 Å². The summed E-state index contributed by atoms with van der Waals surface area (Å²) in [5, 5.41) is 136. The second-order valence-corrected chi connectivity index (χ2v) is 24.3. The number of hydrogen-bond donors (Lipinski definition) is 17. The fourth-order valence-corrected chi connectivity index (χ4v) is 10.8. The van der Waals surface area contributed by atoms with E-state index in [4.69, 9.17) is 42.7 Å². The molecule has 5 rings (SSSR count). The molecule has 5 fully saturated rings. The second-order valence-electron chi connectivity index (χ2n) is 24.3. The predicted molar refractivity (Wildman–Crippen MR) is 317 cm³/mol. The van der Waals surface area contributed by atoms with Gasteiger partial charge in [0.25, 0.3) is 11.8 Å². The molecule has 0 radical (unpaired) electrons. The van der Waals surface area contributed by atoms with Crippen molar-refractivity contribution in [2.24, 2.45) is 11.8 Å². The van der Waals surface area contributed by atoms with E-state index in [0.29, 0.717) is 5.06 Å². The maximum Gasteiger partial charge on any atom is 0.333 e. The van der Waals surface area contributed by atoms with E-state index in [1.165, 1.54) is 27.7 Å². The maximum atomic E-state index is 14.7. The first-order valence-electron chi connectivity index (χ1n) is 32.1. The van der Waals surface area contributed by atoms with Gasteiger partial charge in [-0.25, -0.2) is 4.79 Å². The van der Waals surface area contributed by atoms with Gasteiger partial charge in [-0.2, -0.15) is 0 Å². The molecule has 37 nitrogen and oxygen atoms in total. The summed E-state index contributed by atoms with van der Waals surface area (Å²) in [5.74, 6) is -10.5. The molecule has 0 aromatic carbocycles. The van der Waals surface area contributed by atoms with E-state index in [1.54, 1.807) is 0 Å². The summed E-state index contributed by atoms with van der Waals surface area (Å²) in [5.41, 5.74) is 0. The van der Waals surface area contributed by atoms with Crippen molar-refractivity contribution in [2.45, 2.75) is 246 Å². The minimum Gasteiger partial charge on any atom is -0.388 e. The molecule has 0 saturated carbocycles. The molecule has 23 atom stereocenters. The van der Waals surface area contributed by atoms with Crippen molar-refractivity contribution < 1.29 is 152 Å². The molecular weight excluding hydrogens is 1290 g/mol. The van der Waals surface area contributed by atoms with Gasteiger partial charge in [0.05, 0.1) is 56.9 Å². The highest BCUT2D eigenvalue weighted by atomic mass is 16.7. The summed E-state index contributed by atoms with van der Waals surface area (Å²) in [7, 11) is 0. The first kappa shape index (κ1) is 81.2. The van der Waals surface area contributed by atoms with Crippen LogP contribution in [0.1, 0.15) is 118 Å². The lowest BCUT2D eigenvalue weighted by Gasteiger charge is -2.38. The quantitative estimate of drug-likeness (QED) is 0.0201. The molecule has 0 aromatic rings. The number of hydrogen-bond acceptors (Lipinski definition) is 31. The van der Waals surface area contributed by atoms with E-state index in [2.05, 4.69) is 26.6 Å². The van der Waals surface area contributed by atoms with Crippen LogP contribution in [0.2, 0.25) is 0 Å². The average molecular weight is 1390 g/mol. The molecule has 0 bridgehead atoms. The van der Waals surface area contributed by atoms with E-state index in [0.717, 1.165) is 0 Å². The van der Waals surface area contributed by atoms with Crippen molar-refractivity contribution in [3.63, 3.8) is 0 Å². The third kappa shape index (κ3) is 24.7. The van der Waals surface area contributed by atoms with E-state index in [1.807, 2.05) is 0 Å². The number of aliphatic hydroxyl groups is 12. The van der Waals surface area contributed by atoms with Gasteiger partial charge in [0.2, 0.25) is 29.5 Å². The second kappa shape index (κ2) is 39.9. The molecule has 0 aromatic heterocycles. The van der Waals surface area contributed by atoms with Crippen molar-refractivity contribution >= 4 is 58.9 Å². The number of ether oxygens (including phenoxy) is 8. The molecule has 96 heavy (non-hydrogen) atoms. The predicted octanol–water partition coefficient (Wildman–Crippen LogP) is -8.03. The molecule has 37 heteroatoms. The zero-order valence-corrected chi connectivity index (χ0v) is 53.9. The van der Waals surface area contributed by atoms with Crippen LogP contribution in [-0.4, -0.2) is 307 Å². The molecule has 17 N–H and O–H groups in total. The minimum atomic E-state index is -1.70. The van der Waals surface area contributed by atoms with Crippen LogP contribution >= 0.6 is 0 Å². The number of nitrogens with one attached hydrogen (secondary N) is 5. The van der Waals surface area contributed by atoms with Crippen LogP contribution in [0.5, 0.6) is 0 Å². The molecule has 5 heterocycles. The van der Waals surface area contributed by atoms with Gasteiger partial charge in [0.1, 0.15) is 79.0 Å². The van der Waals surface area contributed by atoms with Gasteiger partial charge < -0.3 is 131 Å². The highest BCUT2D eigenvalue weighted by Crippen LogP contribution is 2.27. The topological polar surface area (TPSA) is 560 Å². The van der Waals surface area contributed by atoms with Gasteiger partial charge in [0, 0.05) is 95.8 Å². The Labute approximate surface area is 552 Å². The van der Waals surface area contributed by atoms with Gasteiger partial charge in [-0.15, -0.1) is 5.06 Å². The molecule has 0 spiro atoms. The zero-order chi connectivity index (χ0) is 71.1. The highest BCUT2D eigenvalue weighted by Gasteiger charge is 2.46. The van der Waals surface area contributed by atoms with E-state index in [9.17, 15) is 109 Å². The summed E-state index contributed by atoms with van der Waals surface area (Å²) in [6.07, 6.45) is -32.8. The summed E-state index contributed by atoms with van der Waals surface area (Å²) < 4.78 is 43.7. The number of carbonyl (C=O) groups excluding carboxylic acids is 10. The summed E-state index contributed by atoms with van der Waals surface area (Å²) in [6.45, 7) is 3.54. The molecule has 548 valence electrons. The Morgan fingerprint density at radius 2 is 0.760 bits per heavy atom. The average Bonchev–Trinajstić information content (AvgIpc) is 1.17. The lowest BCUT2D eigenvalue weighted by Crippen LogP contribution is -2.57. The van der Waals surface area contributed by atoms with Gasteiger partial charge in [-0.3, -0.25) is 43.2 Å². The normalized spacial score (nSPS) is 32.5. The number of amides is 7. The number of Topliss-reactive ketones (excluding diaryl/α,β-unsaturated/α-hetero) is 2. The fourth-order valence-electron chi connectivity index (χ4n) is 10.8. The molecule has 0 unspecified atom stereocenters. The molecule has 5 aliphatic heterocycles. The van der Waals surface area contributed by atoms with Crippen LogP contribution in [0.3, 0.4) is 0 Å². The van der Waals surface area contributed by atoms with Crippen molar-refractivity contribution in [2.75, 3.05) is 52.6 Å². The van der Waals surface area contributed by atoms with E-state index < -0.39 is 238 Å². The highest BCUT2D eigenvalue weighted by molar-refractivity contribution is 6.01. The Balaban J connectivity index is 1.32. The number of imide groups is 1. The third-order valence-electron chi connectivity index (χ3n) is 16.8. The SMILES string of the molecule is C[C@@H]1O[C@@H](OCCNC(=O)CC[C@H](CC(=O)[C@H](CCC(=O)NCCO[C@@H]2O[C@@H](C)[C@@H](O)[C@@H](O)[C@@H]2O)NC(=O)[C@H](CCC(=O)NCCO[C@@H]2O[C@@H](C)[C@@H](O)[C@@H](O)[C@@H]2O)CC(=O)CCCCC(=O)ON2C(=O)CCC2=O)C(=O)NCCO[C@@H]2O[C@@H](C)[C@@H](O)[C@@H](O)[C@@H]2O)[C@@H](O)[C@H](O)[C@@H]1O. The van der Waals surface area contributed by atoms with Crippen LogP contribution in [0, 0.1) is 11.8 Å². The first-order valence-corrected chi connectivity index (χ1v) is 32.1. The monoisotopic (exact) mass is 1380 g/mol. The Kier molecular flexibility index (Phi) is 33.8. The minimum absolute atomic E-state index is 0.0276. The molecule has 7 amide bonds. The number of rotatable bonds is 39. The van der Waals surface area contributed by atoms with Crippen LogP contribution in [0.4, 0.5) is 0 Å². The third-order valence-corrected chi connectivity index (χ3v) is 16.8. The number of carbonyl (C=O) groups is 10. The van der Waals surface area contributed by atoms with Crippen molar-refractivity contribution in [1.29, 1.82) is 0 Å². The lowest BCUT2D eigenvalue weighted by atomic mass is 9.90. The van der Waals surface area contributed by atoms with Gasteiger partial charge in [0.15, 0.2) is 30.9 Å². The summed E-state index contributed by atoms with van der Waals surface area (Å²) in [4.78, 5) is 138. The van der Waals surface area contributed by atoms with Crippen molar-refractivity contribution in [3.05, 3.63) is 0 Å². The number of hydroxylamine groups is 2. The van der Waals surface area contributed by atoms with Crippen molar-refractivity contribution in [3.8, 4) is 0 Å². The molecule has 0 aliphatic carbocycles. The summed E-state index contributed by atoms with van der Waals surface area (Å²) >= 11 is 0. The number of aliphatic hydroxyl groups excluding tert-OH is 12. The Morgan fingerprint density at radius 1 is 0.427 bits per heavy atom. The smallest absolute Gasteiger partial charge is 0.333 e. The molecular formula is C59H96N6O31. The fraction of sp³-hybridized carbons (Fsp3) is 0.831. The van der Waals surface area contributed by atoms with Crippen LogP contribution in [0.15, 0.2) is 0 Å². The number of unbranched alkanes of at least 4 members (excludes halogenated alkanes) is 1. The molecule has 5 aliphatic rings. The standard InChI is InChI=1S/C59H96N6O31/c1-27-42(74)46(78)50(82)56(92-27)88-21-17-60-36(68)12-9-31(25-33(66)7-5-6-8-41(73)96-65-39(71)15-16-40(65)72)55(87)64-34(11-14-38(70)62-19-23-90-58-52(84)48(80)44(76)29(3)94-58)35(67)26-32(54(86)63-20-24-91-59-53(85)49(81)45(77)30(4)95-59)10-13-37(69)61-18-22-89-57-51(83)47(79)43(75)28(2)93-57/h27-32,34,42-53,56-59,74-85H,5-26H2,1-4H3,(H,60,68)(H,61,69)(H,62,70)(H,63,86)(H,64,87)/t27-,28-,29-,30-,31+,32+,34-,42+,43+,44+,45+,46+,47+,48+,49+,50-,51-,52-,53-,56+,57+,58+,59+/m0/s1. The first-order chi connectivity index (χ1) is 45.4. The van der Waals surface area contributed by atoms with Crippen LogP contribution in [0.25, 0.3) is 0 Å². The maximum absolute atomic E-state index is 14.7.